The van der Waals surface area contributed by atoms with Crippen LogP contribution in [0, 0.1) is 20.8 Å². The molecule has 0 aliphatic heterocycles. The monoisotopic (exact) mass is 272 g/mol. The van der Waals surface area contributed by atoms with Gasteiger partial charge in [-0.1, -0.05) is 29.8 Å². The van der Waals surface area contributed by atoms with Crippen molar-refractivity contribution in [1.29, 1.82) is 0 Å². The number of aromatic nitrogens is 1. The molecule has 1 aromatic heterocycles. The third-order valence-corrected chi connectivity index (χ3v) is 3.27. The van der Waals surface area contributed by atoms with Gasteiger partial charge in [0.2, 0.25) is 11.8 Å². The number of nitrogens with zero attached hydrogens (tertiary/aromatic N) is 1. The van der Waals surface area contributed by atoms with Crippen LogP contribution in [0.4, 0.5) is 0 Å². The van der Waals surface area contributed by atoms with E-state index in [0.29, 0.717) is 18.9 Å². The van der Waals surface area contributed by atoms with Gasteiger partial charge in [-0.05, 0) is 32.8 Å². The van der Waals surface area contributed by atoms with Crippen LogP contribution in [0.25, 0.3) is 0 Å². The topological polar surface area (TPSA) is 55.1 Å². The highest BCUT2D eigenvalue weighted by molar-refractivity contribution is 5.76. The van der Waals surface area contributed by atoms with Gasteiger partial charge in [-0.15, -0.1) is 0 Å². The molecule has 0 fully saturated rings. The standard InChI is InChI=1S/C16H20N2O2/c1-11-4-6-14(7-5-11)8-9-15(19)17-10-16-18-12(2)13(3)20-16/h4-7H,8-10H2,1-3H3,(H,17,19). The van der Waals surface area contributed by atoms with Crippen LogP contribution in [0.2, 0.25) is 0 Å². The molecule has 2 aromatic rings. The largest absolute Gasteiger partial charge is 0.444 e. The molecule has 0 aliphatic rings. The number of hydrogen-bond donors (Lipinski definition) is 1. The summed E-state index contributed by atoms with van der Waals surface area (Å²) in [7, 11) is 0. The number of carbonyl (C=O) groups excluding carboxylic acids is 1. The third-order valence-electron chi connectivity index (χ3n) is 3.27. The van der Waals surface area contributed by atoms with Gasteiger partial charge in [-0.25, -0.2) is 4.98 Å². The number of oxazole rings is 1. The van der Waals surface area contributed by atoms with Crippen LogP contribution < -0.4 is 5.32 Å². The van der Waals surface area contributed by atoms with E-state index >= 15 is 0 Å². The molecule has 1 heterocycles. The molecule has 20 heavy (non-hydrogen) atoms. The molecule has 0 spiro atoms. The highest BCUT2D eigenvalue weighted by Gasteiger charge is 2.07. The van der Waals surface area contributed by atoms with Crippen molar-refractivity contribution in [3.8, 4) is 0 Å². The van der Waals surface area contributed by atoms with Gasteiger partial charge in [0.25, 0.3) is 0 Å². The summed E-state index contributed by atoms with van der Waals surface area (Å²) in [5.41, 5.74) is 3.27. The molecule has 1 N–H and O–H groups in total. The Morgan fingerprint density at radius 1 is 1.20 bits per heavy atom. The lowest BCUT2D eigenvalue weighted by atomic mass is 10.1. The Morgan fingerprint density at radius 2 is 1.90 bits per heavy atom. The fraction of sp³-hybridized carbons (Fsp3) is 0.375. The lowest BCUT2D eigenvalue weighted by Crippen LogP contribution is -2.23. The second kappa shape index (κ2) is 6.37. The number of amides is 1. The maximum Gasteiger partial charge on any atom is 0.220 e. The van der Waals surface area contributed by atoms with E-state index in [2.05, 4.69) is 41.5 Å². The number of benzene rings is 1. The van der Waals surface area contributed by atoms with E-state index in [0.717, 1.165) is 17.9 Å². The van der Waals surface area contributed by atoms with E-state index in [1.165, 1.54) is 11.1 Å². The normalized spacial score (nSPS) is 10.6. The Bertz CT molecular complexity index is 566. The van der Waals surface area contributed by atoms with Crippen LogP contribution >= 0.6 is 0 Å². The molecule has 0 bridgehead atoms. The predicted octanol–water partition coefficient (Wildman–Crippen LogP) is 2.85. The molecule has 0 aliphatic carbocycles. The molecular formula is C16H20N2O2. The van der Waals surface area contributed by atoms with Crippen LogP contribution in [0.3, 0.4) is 0 Å². The summed E-state index contributed by atoms with van der Waals surface area (Å²) in [6, 6.07) is 8.24. The number of rotatable bonds is 5. The van der Waals surface area contributed by atoms with E-state index in [9.17, 15) is 4.79 Å². The summed E-state index contributed by atoms with van der Waals surface area (Å²) in [4.78, 5) is 16.0. The zero-order valence-corrected chi connectivity index (χ0v) is 12.2. The summed E-state index contributed by atoms with van der Waals surface area (Å²) < 4.78 is 5.41. The summed E-state index contributed by atoms with van der Waals surface area (Å²) in [5, 5.41) is 2.83. The highest BCUT2D eigenvalue weighted by atomic mass is 16.4. The van der Waals surface area contributed by atoms with Crippen molar-refractivity contribution in [2.75, 3.05) is 0 Å². The third kappa shape index (κ3) is 3.95. The van der Waals surface area contributed by atoms with E-state index in [-0.39, 0.29) is 5.91 Å². The molecule has 106 valence electrons. The Hall–Kier alpha value is -2.10. The van der Waals surface area contributed by atoms with Gasteiger partial charge in [-0.3, -0.25) is 4.79 Å². The van der Waals surface area contributed by atoms with Gasteiger partial charge in [-0.2, -0.15) is 0 Å². The second-order valence-corrected chi connectivity index (χ2v) is 5.01. The van der Waals surface area contributed by atoms with Gasteiger partial charge in [0.15, 0.2) is 0 Å². The Labute approximate surface area is 119 Å². The minimum atomic E-state index is 0.0130. The Kier molecular flexibility index (Phi) is 4.56. The Balaban J connectivity index is 1.76. The van der Waals surface area contributed by atoms with Crippen LogP contribution in [0.5, 0.6) is 0 Å². The van der Waals surface area contributed by atoms with E-state index in [1.807, 2.05) is 13.8 Å². The Morgan fingerprint density at radius 3 is 2.50 bits per heavy atom. The summed E-state index contributed by atoms with van der Waals surface area (Å²) in [6.45, 7) is 6.16. The average Bonchev–Trinajstić information content (AvgIpc) is 2.75. The first-order valence-electron chi connectivity index (χ1n) is 6.80. The molecule has 0 unspecified atom stereocenters. The molecule has 4 heteroatoms. The van der Waals surface area contributed by atoms with Crippen molar-refractivity contribution < 1.29 is 9.21 Å². The van der Waals surface area contributed by atoms with Gasteiger partial charge < -0.3 is 9.73 Å². The van der Waals surface area contributed by atoms with Crippen LogP contribution in [0.1, 0.15) is 34.9 Å². The van der Waals surface area contributed by atoms with Crippen molar-refractivity contribution in [3.05, 3.63) is 52.7 Å². The van der Waals surface area contributed by atoms with Crippen LogP contribution in [-0.2, 0) is 17.8 Å². The lowest BCUT2D eigenvalue weighted by molar-refractivity contribution is -0.121. The molecule has 2 rings (SSSR count). The highest BCUT2D eigenvalue weighted by Crippen LogP contribution is 2.08. The van der Waals surface area contributed by atoms with E-state index in [4.69, 9.17) is 4.42 Å². The first-order valence-corrected chi connectivity index (χ1v) is 6.80. The zero-order chi connectivity index (χ0) is 14.5. The first-order chi connectivity index (χ1) is 9.54. The van der Waals surface area contributed by atoms with E-state index in [1.54, 1.807) is 0 Å². The molecule has 0 atom stereocenters. The summed E-state index contributed by atoms with van der Waals surface area (Å²) >= 11 is 0. The van der Waals surface area contributed by atoms with Crippen molar-refractivity contribution in [2.24, 2.45) is 0 Å². The molecule has 0 radical (unpaired) electrons. The molecule has 4 nitrogen and oxygen atoms in total. The number of aryl methyl sites for hydroxylation is 4. The van der Waals surface area contributed by atoms with Crippen molar-refractivity contribution in [2.45, 2.75) is 40.2 Å². The number of carbonyl (C=O) groups is 1. The zero-order valence-electron chi connectivity index (χ0n) is 12.2. The van der Waals surface area contributed by atoms with Gasteiger partial charge >= 0.3 is 0 Å². The van der Waals surface area contributed by atoms with Crippen LogP contribution in [-0.4, -0.2) is 10.9 Å². The first kappa shape index (κ1) is 14.3. The van der Waals surface area contributed by atoms with Crippen molar-refractivity contribution in [3.63, 3.8) is 0 Å². The maximum atomic E-state index is 11.8. The van der Waals surface area contributed by atoms with Gasteiger partial charge in [0.05, 0.1) is 12.2 Å². The molecular weight excluding hydrogens is 252 g/mol. The second-order valence-electron chi connectivity index (χ2n) is 5.01. The fourth-order valence-electron chi connectivity index (χ4n) is 1.89. The lowest BCUT2D eigenvalue weighted by Gasteiger charge is -2.03. The predicted molar refractivity (Wildman–Crippen MR) is 77.3 cm³/mol. The van der Waals surface area contributed by atoms with E-state index < -0.39 is 0 Å². The van der Waals surface area contributed by atoms with Crippen LogP contribution in [0.15, 0.2) is 28.7 Å². The average molecular weight is 272 g/mol. The van der Waals surface area contributed by atoms with Gasteiger partial charge in [0.1, 0.15) is 5.76 Å². The summed E-state index contributed by atoms with van der Waals surface area (Å²) in [6.07, 6.45) is 1.22. The van der Waals surface area contributed by atoms with Crippen molar-refractivity contribution in [1.82, 2.24) is 10.3 Å². The quantitative estimate of drug-likeness (QED) is 0.910. The number of nitrogens with one attached hydrogen (secondary N) is 1. The minimum absolute atomic E-state index is 0.0130. The molecule has 0 saturated carbocycles. The number of hydrogen-bond acceptors (Lipinski definition) is 3. The maximum absolute atomic E-state index is 11.8. The molecule has 1 aromatic carbocycles. The van der Waals surface area contributed by atoms with Crippen molar-refractivity contribution >= 4 is 5.91 Å². The SMILES string of the molecule is Cc1ccc(CCC(=O)NCc2nc(C)c(C)o2)cc1. The summed E-state index contributed by atoms with van der Waals surface area (Å²) in [5.74, 6) is 1.37. The smallest absolute Gasteiger partial charge is 0.220 e. The molecule has 0 saturated heterocycles. The molecule has 1 amide bonds. The minimum Gasteiger partial charge on any atom is -0.444 e. The van der Waals surface area contributed by atoms with Gasteiger partial charge in [0, 0.05) is 6.42 Å². The fourth-order valence-corrected chi connectivity index (χ4v) is 1.89.